The second-order valence-corrected chi connectivity index (χ2v) is 8.18. The standard InChI is InChI=1S/C19H19ClN2O2S2/c1-4-9-24-18(23)15-12(3)14-16(20)21-19(22-17(14)26-15)25-10-13-8-6-5-7-11(13)2/h5-8H,4,9-10H2,1-3H3. The molecule has 0 radical (unpaired) electrons. The normalized spacial score (nSPS) is 11.1. The van der Waals surface area contributed by atoms with Crippen LogP contribution in [0.2, 0.25) is 5.15 Å². The van der Waals surface area contributed by atoms with Gasteiger partial charge in [0.05, 0.1) is 12.0 Å². The number of thioether (sulfide) groups is 1. The van der Waals surface area contributed by atoms with E-state index < -0.39 is 0 Å². The predicted molar refractivity (Wildman–Crippen MR) is 108 cm³/mol. The summed E-state index contributed by atoms with van der Waals surface area (Å²) in [5, 5.41) is 1.73. The molecule has 0 aliphatic rings. The molecule has 3 aromatic rings. The van der Waals surface area contributed by atoms with Crippen molar-refractivity contribution in [3.63, 3.8) is 0 Å². The summed E-state index contributed by atoms with van der Waals surface area (Å²) in [7, 11) is 0. The minimum absolute atomic E-state index is 0.322. The zero-order valence-corrected chi connectivity index (χ0v) is 17.2. The number of carbonyl (C=O) groups excluding carboxylic acids is 1. The van der Waals surface area contributed by atoms with Gasteiger partial charge in [-0.1, -0.05) is 54.6 Å². The molecule has 2 heterocycles. The second-order valence-electron chi connectivity index (χ2n) is 5.88. The molecule has 0 N–H and O–H groups in total. The zero-order valence-electron chi connectivity index (χ0n) is 14.8. The Kier molecular flexibility index (Phi) is 6.16. The first-order valence-electron chi connectivity index (χ1n) is 8.32. The number of benzene rings is 1. The number of aryl methyl sites for hydroxylation is 2. The molecule has 0 unspecified atom stereocenters. The Morgan fingerprint density at radius 1 is 1.27 bits per heavy atom. The molecule has 0 saturated carbocycles. The van der Waals surface area contributed by atoms with Crippen LogP contribution in [-0.2, 0) is 10.5 Å². The van der Waals surface area contributed by atoms with E-state index in [-0.39, 0.29) is 5.97 Å². The Hall–Kier alpha value is -1.63. The van der Waals surface area contributed by atoms with Crippen molar-refractivity contribution in [3.05, 3.63) is 51.0 Å². The molecule has 0 amide bonds. The lowest BCUT2D eigenvalue weighted by molar-refractivity contribution is 0.0510. The Labute approximate surface area is 166 Å². The molecule has 3 rings (SSSR count). The van der Waals surface area contributed by atoms with Crippen LogP contribution in [0, 0.1) is 13.8 Å². The van der Waals surface area contributed by atoms with Crippen LogP contribution < -0.4 is 0 Å². The number of ether oxygens (including phenoxy) is 1. The van der Waals surface area contributed by atoms with E-state index >= 15 is 0 Å². The molecule has 7 heteroatoms. The summed E-state index contributed by atoms with van der Waals surface area (Å²) in [5.74, 6) is 0.446. The number of carbonyl (C=O) groups is 1. The third-order valence-electron chi connectivity index (χ3n) is 3.97. The number of hydrogen-bond donors (Lipinski definition) is 0. The van der Waals surface area contributed by atoms with E-state index in [0.29, 0.717) is 21.8 Å². The molecule has 0 aliphatic heterocycles. The number of hydrogen-bond acceptors (Lipinski definition) is 6. The molecule has 0 spiro atoms. The summed E-state index contributed by atoms with van der Waals surface area (Å²) in [6, 6.07) is 8.23. The lowest BCUT2D eigenvalue weighted by Crippen LogP contribution is -2.05. The van der Waals surface area contributed by atoms with E-state index in [2.05, 4.69) is 29.0 Å². The van der Waals surface area contributed by atoms with Crippen molar-refractivity contribution in [1.29, 1.82) is 0 Å². The summed E-state index contributed by atoms with van der Waals surface area (Å²) < 4.78 is 5.25. The van der Waals surface area contributed by atoms with E-state index in [4.69, 9.17) is 16.3 Å². The summed E-state index contributed by atoms with van der Waals surface area (Å²) >= 11 is 9.24. The molecule has 1 aromatic carbocycles. The van der Waals surface area contributed by atoms with E-state index in [1.165, 1.54) is 34.2 Å². The van der Waals surface area contributed by atoms with Gasteiger partial charge in [-0.25, -0.2) is 14.8 Å². The Bertz CT molecular complexity index is 956. The van der Waals surface area contributed by atoms with Crippen LogP contribution in [0.3, 0.4) is 0 Å². The monoisotopic (exact) mass is 406 g/mol. The highest BCUT2D eigenvalue weighted by Gasteiger charge is 2.21. The van der Waals surface area contributed by atoms with Gasteiger partial charge in [-0.3, -0.25) is 0 Å². The molecule has 0 atom stereocenters. The van der Waals surface area contributed by atoms with Crippen molar-refractivity contribution in [2.45, 2.75) is 38.1 Å². The number of fused-ring (bicyclic) bond motifs is 1. The number of nitrogens with zero attached hydrogens (tertiary/aromatic N) is 2. The number of esters is 1. The third-order valence-corrected chi connectivity index (χ3v) is 6.30. The number of thiophene rings is 1. The van der Waals surface area contributed by atoms with Gasteiger partial charge in [-0.05, 0) is 37.0 Å². The number of aromatic nitrogens is 2. The number of rotatable bonds is 6. The summed E-state index contributed by atoms with van der Waals surface area (Å²) in [6.45, 7) is 6.31. The smallest absolute Gasteiger partial charge is 0.348 e. The van der Waals surface area contributed by atoms with Crippen molar-refractivity contribution in [1.82, 2.24) is 9.97 Å². The quantitative estimate of drug-likeness (QED) is 0.223. The highest BCUT2D eigenvalue weighted by Crippen LogP contribution is 2.36. The highest BCUT2D eigenvalue weighted by molar-refractivity contribution is 7.98. The average Bonchev–Trinajstić information content (AvgIpc) is 2.96. The third kappa shape index (κ3) is 4.03. The van der Waals surface area contributed by atoms with Crippen molar-refractivity contribution in [3.8, 4) is 0 Å². The first-order chi connectivity index (χ1) is 12.5. The van der Waals surface area contributed by atoms with Gasteiger partial charge in [0.15, 0.2) is 5.16 Å². The lowest BCUT2D eigenvalue weighted by Gasteiger charge is -2.05. The minimum Gasteiger partial charge on any atom is -0.462 e. The van der Waals surface area contributed by atoms with Crippen molar-refractivity contribution >= 4 is 50.9 Å². The van der Waals surface area contributed by atoms with Crippen LogP contribution in [0.5, 0.6) is 0 Å². The van der Waals surface area contributed by atoms with Crippen LogP contribution in [0.25, 0.3) is 10.2 Å². The van der Waals surface area contributed by atoms with Crippen molar-refractivity contribution in [2.75, 3.05) is 6.61 Å². The van der Waals surface area contributed by atoms with Gasteiger partial charge < -0.3 is 4.74 Å². The lowest BCUT2D eigenvalue weighted by atomic mass is 10.1. The zero-order chi connectivity index (χ0) is 18.7. The molecule has 0 fully saturated rings. The van der Waals surface area contributed by atoms with E-state index in [1.54, 1.807) is 0 Å². The first kappa shape index (κ1) is 19.1. The summed E-state index contributed by atoms with van der Waals surface area (Å²) in [6.07, 6.45) is 0.788. The molecular weight excluding hydrogens is 388 g/mol. The maximum absolute atomic E-state index is 12.2. The van der Waals surface area contributed by atoms with Crippen molar-refractivity contribution in [2.24, 2.45) is 0 Å². The van der Waals surface area contributed by atoms with Crippen molar-refractivity contribution < 1.29 is 9.53 Å². The topological polar surface area (TPSA) is 52.1 Å². The molecule has 0 aliphatic carbocycles. The first-order valence-corrected chi connectivity index (χ1v) is 10.5. The van der Waals surface area contributed by atoms with Gasteiger partial charge in [0.2, 0.25) is 0 Å². The van der Waals surface area contributed by atoms with Gasteiger partial charge in [0.1, 0.15) is 14.9 Å². The molecule has 0 saturated heterocycles. The highest BCUT2D eigenvalue weighted by atomic mass is 35.5. The number of halogens is 1. The van der Waals surface area contributed by atoms with Gasteiger partial charge in [0.25, 0.3) is 0 Å². The fourth-order valence-electron chi connectivity index (χ4n) is 2.51. The van der Waals surface area contributed by atoms with Gasteiger partial charge in [-0.15, -0.1) is 11.3 Å². The molecule has 136 valence electrons. The van der Waals surface area contributed by atoms with Gasteiger partial charge in [0, 0.05) is 5.75 Å². The maximum atomic E-state index is 12.2. The molecule has 4 nitrogen and oxygen atoms in total. The van der Waals surface area contributed by atoms with Crippen LogP contribution >= 0.6 is 34.7 Å². The van der Waals surface area contributed by atoms with E-state index in [0.717, 1.165) is 28.0 Å². The van der Waals surface area contributed by atoms with E-state index in [1.807, 2.05) is 26.0 Å². The second kappa shape index (κ2) is 8.37. The Morgan fingerprint density at radius 2 is 2.04 bits per heavy atom. The van der Waals surface area contributed by atoms with Crippen LogP contribution in [0.4, 0.5) is 0 Å². The predicted octanol–water partition coefficient (Wildman–Crippen LogP) is 5.82. The van der Waals surface area contributed by atoms with Crippen LogP contribution in [0.15, 0.2) is 29.4 Å². The van der Waals surface area contributed by atoms with Crippen LogP contribution in [0.1, 0.15) is 39.7 Å². The van der Waals surface area contributed by atoms with Gasteiger partial charge in [-0.2, -0.15) is 0 Å². The molecule has 2 aromatic heterocycles. The van der Waals surface area contributed by atoms with E-state index in [9.17, 15) is 4.79 Å². The Balaban J connectivity index is 1.87. The minimum atomic E-state index is -0.322. The SMILES string of the molecule is CCCOC(=O)c1sc2nc(SCc3ccccc3C)nc(Cl)c2c1C. The van der Waals surface area contributed by atoms with Crippen LogP contribution in [-0.4, -0.2) is 22.5 Å². The largest absolute Gasteiger partial charge is 0.462 e. The average molecular weight is 407 g/mol. The summed E-state index contributed by atoms with van der Waals surface area (Å²) in [5.41, 5.74) is 3.26. The summed E-state index contributed by atoms with van der Waals surface area (Å²) in [4.78, 5) is 22.5. The molecule has 0 bridgehead atoms. The fourth-order valence-corrected chi connectivity index (χ4v) is 4.98. The molecule has 26 heavy (non-hydrogen) atoms. The van der Waals surface area contributed by atoms with Gasteiger partial charge >= 0.3 is 5.97 Å². The Morgan fingerprint density at radius 3 is 2.77 bits per heavy atom. The fraction of sp³-hybridized carbons (Fsp3) is 0.316. The molecular formula is C19H19ClN2O2S2. The maximum Gasteiger partial charge on any atom is 0.348 e.